The molecule has 6 rings (SSSR count). The second-order valence-corrected chi connectivity index (χ2v) is 22.8. The van der Waals surface area contributed by atoms with E-state index in [1.54, 1.807) is 4.40 Å². The molecule has 0 unspecified atom stereocenters. The van der Waals surface area contributed by atoms with E-state index in [4.69, 9.17) is 9.40 Å². The Kier molecular flexibility index (Phi) is 6.03. The molecule has 0 fully saturated rings. The average molecular weight is 561 g/mol. The summed E-state index contributed by atoms with van der Waals surface area (Å²) in [5.41, 5.74) is 9.02. The number of benzene rings is 4. The van der Waals surface area contributed by atoms with E-state index in [0.29, 0.717) is 11.8 Å². The van der Waals surface area contributed by atoms with Gasteiger partial charge in [-0.25, -0.2) is 0 Å². The van der Waals surface area contributed by atoms with Gasteiger partial charge in [0.05, 0.1) is 0 Å². The number of imidazole rings is 1. The van der Waals surface area contributed by atoms with Gasteiger partial charge >= 0.3 is 228 Å². The number of rotatable bonds is 5. The number of furan rings is 1. The molecule has 0 radical (unpaired) electrons. The fraction of sp³-hybridized carbons (Fsp3) is 0.265. The molecule has 2 aromatic heterocycles. The molecular weight excluding hydrogens is 525 g/mol. The van der Waals surface area contributed by atoms with Gasteiger partial charge in [-0.1, -0.05) is 0 Å². The van der Waals surface area contributed by atoms with Crippen molar-refractivity contribution in [2.45, 2.75) is 56.8 Å². The minimum absolute atomic E-state index is 0.378. The molecule has 0 aliphatic heterocycles. The van der Waals surface area contributed by atoms with Crippen molar-refractivity contribution >= 4 is 50.6 Å². The summed E-state index contributed by atoms with van der Waals surface area (Å²) in [5.74, 6) is 9.16. The van der Waals surface area contributed by atoms with Crippen molar-refractivity contribution in [3.63, 3.8) is 0 Å². The summed E-state index contributed by atoms with van der Waals surface area (Å²) in [7, 11) is 0. The first kappa shape index (κ1) is 25.0. The van der Waals surface area contributed by atoms with Gasteiger partial charge in [-0.2, -0.15) is 0 Å². The van der Waals surface area contributed by atoms with Gasteiger partial charge in [-0.15, -0.1) is 0 Å². The summed E-state index contributed by atoms with van der Waals surface area (Å²) < 4.78 is 10.5. The van der Waals surface area contributed by atoms with Crippen LogP contribution >= 0.6 is 0 Å². The Hall–Kier alpha value is -3.31. The van der Waals surface area contributed by atoms with Crippen LogP contribution in [0.15, 0.2) is 83.3 Å². The number of aromatic nitrogens is 2. The Labute approximate surface area is 227 Å². The van der Waals surface area contributed by atoms with Crippen molar-refractivity contribution in [1.29, 1.82) is 0 Å². The van der Waals surface area contributed by atoms with Crippen molar-refractivity contribution in [3.05, 3.63) is 90.0 Å². The van der Waals surface area contributed by atoms with Crippen LogP contribution in [0.2, 0.25) is 17.3 Å². The third kappa shape index (κ3) is 3.99. The summed E-state index contributed by atoms with van der Waals surface area (Å²) in [6, 6.07) is 28.3. The first-order valence-corrected chi connectivity index (χ1v) is 21.1. The third-order valence-electron chi connectivity index (χ3n) is 7.71. The third-order valence-corrected chi connectivity index (χ3v) is 11.9. The fourth-order valence-electron chi connectivity index (χ4n) is 5.61. The molecule has 38 heavy (non-hydrogen) atoms. The van der Waals surface area contributed by atoms with E-state index >= 15 is 0 Å². The van der Waals surface area contributed by atoms with E-state index in [0.717, 1.165) is 44.4 Å². The van der Waals surface area contributed by atoms with Crippen LogP contribution in [-0.4, -0.2) is 22.8 Å². The predicted octanol–water partition coefficient (Wildman–Crippen LogP) is 9.38. The Morgan fingerprint density at radius 1 is 0.737 bits per heavy atom. The number of hydrogen-bond acceptors (Lipinski definition) is 2. The number of nitrogens with zero attached hydrogens (tertiary/aromatic N) is 2. The number of hydrogen-bond donors (Lipinski definition) is 0. The van der Waals surface area contributed by atoms with E-state index in [9.17, 15) is 0 Å². The van der Waals surface area contributed by atoms with Crippen LogP contribution < -0.4 is 4.40 Å². The molecule has 0 saturated heterocycles. The molecule has 0 atom stereocenters. The quantitative estimate of drug-likeness (QED) is 0.197. The normalized spacial score (nSPS) is 12.6. The Bertz CT molecular complexity index is 1780. The molecule has 0 spiro atoms. The van der Waals surface area contributed by atoms with Gasteiger partial charge in [0, 0.05) is 0 Å². The van der Waals surface area contributed by atoms with E-state index in [1.165, 1.54) is 16.8 Å². The molecule has 192 valence electrons. The number of fused-ring (bicyclic) bond motifs is 4. The zero-order chi connectivity index (χ0) is 26.8. The van der Waals surface area contributed by atoms with Crippen LogP contribution in [0.1, 0.15) is 50.7 Å². The molecule has 0 N–H and O–H groups in total. The molecule has 0 aliphatic carbocycles. The van der Waals surface area contributed by atoms with Crippen LogP contribution in [0, 0.1) is 0 Å². The second-order valence-electron chi connectivity index (χ2n) is 12.1. The summed E-state index contributed by atoms with van der Waals surface area (Å²) in [6.07, 6.45) is 0. The molecule has 0 saturated carbocycles. The van der Waals surface area contributed by atoms with Crippen LogP contribution in [0.3, 0.4) is 0 Å². The van der Waals surface area contributed by atoms with Crippen molar-refractivity contribution < 1.29 is 4.42 Å². The molecule has 0 bridgehead atoms. The van der Waals surface area contributed by atoms with Gasteiger partial charge < -0.3 is 0 Å². The Morgan fingerprint density at radius 2 is 1.37 bits per heavy atom. The molecule has 4 heteroatoms. The zero-order valence-corrected chi connectivity index (χ0v) is 25.6. The van der Waals surface area contributed by atoms with E-state index in [1.807, 2.05) is 12.1 Å². The molecular formula is C34H36GeN2O. The minimum atomic E-state index is -2.08. The average Bonchev–Trinajstić information content (AvgIpc) is 3.45. The van der Waals surface area contributed by atoms with Crippen LogP contribution in [0.4, 0.5) is 0 Å². The summed E-state index contributed by atoms with van der Waals surface area (Å²) in [4.78, 5) is 5.27. The number of para-hydroxylation sites is 4. The van der Waals surface area contributed by atoms with Gasteiger partial charge in [0.1, 0.15) is 0 Å². The summed E-state index contributed by atoms with van der Waals surface area (Å²) >= 11 is -2.08. The van der Waals surface area contributed by atoms with Crippen molar-refractivity contribution in [1.82, 2.24) is 9.55 Å². The van der Waals surface area contributed by atoms with Crippen molar-refractivity contribution in [2.24, 2.45) is 0 Å². The maximum atomic E-state index is 6.50. The zero-order valence-electron chi connectivity index (χ0n) is 23.5. The van der Waals surface area contributed by atoms with Crippen LogP contribution in [0.25, 0.3) is 50.0 Å². The van der Waals surface area contributed by atoms with E-state index < -0.39 is 13.3 Å². The van der Waals surface area contributed by atoms with Gasteiger partial charge in [0.15, 0.2) is 0 Å². The second kappa shape index (κ2) is 9.16. The molecule has 0 aliphatic rings. The molecule has 0 amide bonds. The topological polar surface area (TPSA) is 31.0 Å². The van der Waals surface area contributed by atoms with Crippen LogP contribution in [0.5, 0.6) is 0 Å². The molecule has 4 aromatic carbocycles. The van der Waals surface area contributed by atoms with Crippen molar-refractivity contribution in [2.75, 3.05) is 0 Å². The standard InChI is InChI=1S/C34H36GeN2O/c1-21(2)27-19-23(35(5,6)7)20-28(22(3)4)32(27)37-30-17-10-9-16-29(30)36-34(37)26-15-12-14-25-24-13-8-11-18-31(24)38-33(25)26/h8-22H,1-7H3. The van der Waals surface area contributed by atoms with Gasteiger partial charge in [0.2, 0.25) is 0 Å². The SMILES string of the molecule is CC(C)c1c[c]([Ge]([CH3])([CH3])[CH3])cc(C(C)C)c1-n1c(-c2cccc3c2oc2ccccc23)nc2ccccc21. The monoisotopic (exact) mass is 562 g/mol. The summed E-state index contributed by atoms with van der Waals surface area (Å²) in [6.45, 7) is 9.28. The predicted molar refractivity (Wildman–Crippen MR) is 165 cm³/mol. The van der Waals surface area contributed by atoms with E-state index in [-0.39, 0.29) is 0 Å². The fourth-order valence-corrected chi connectivity index (χ4v) is 8.08. The summed E-state index contributed by atoms with van der Waals surface area (Å²) in [5, 5.41) is 2.26. The first-order chi connectivity index (χ1) is 18.1. The molecule has 6 aromatic rings. The maximum absolute atomic E-state index is 6.50. The van der Waals surface area contributed by atoms with Gasteiger partial charge in [0.25, 0.3) is 0 Å². The van der Waals surface area contributed by atoms with Crippen LogP contribution in [-0.2, 0) is 0 Å². The van der Waals surface area contributed by atoms with E-state index in [2.05, 4.69) is 116 Å². The first-order valence-electron chi connectivity index (χ1n) is 13.7. The Balaban J connectivity index is 1.76. The van der Waals surface area contributed by atoms with Gasteiger partial charge in [-0.05, 0) is 0 Å². The molecule has 2 heterocycles. The van der Waals surface area contributed by atoms with Crippen molar-refractivity contribution in [3.8, 4) is 17.1 Å². The van der Waals surface area contributed by atoms with Gasteiger partial charge in [-0.3, -0.25) is 0 Å². The molecule has 3 nitrogen and oxygen atoms in total. The Morgan fingerprint density at radius 3 is 2.05 bits per heavy atom.